The highest BCUT2D eigenvalue weighted by atomic mass is 16.5. The molecular weight excluding hydrogens is 296 g/mol. The summed E-state index contributed by atoms with van der Waals surface area (Å²) in [5, 5.41) is 3.06. The summed E-state index contributed by atoms with van der Waals surface area (Å²) < 4.78 is 10.7. The fourth-order valence-electron chi connectivity index (χ4n) is 3.35. The van der Waals surface area contributed by atoms with Gasteiger partial charge in [-0.15, -0.1) is 0 Å². The molecule has 2 saturated heterocycles. The molecule has 2 fully saturated rings. The Balaban J connectivity index is 1.50. The molecule has 1 aromatic heterocycles. The summed E-state index contributed by atoms with van der Waals surface area (Å²) in [5.74, 6) is 1.53. The van der Waals surface area contributed by atoms with Crippen LogP contribution in [-0.2, 0) is 9.53 Å². The number of aryl methyl sites for hydroxylation is 2. The van der Waals surface area contributed by atoms with Crippen molar-refractivity contribution < 1.29 is 18.7 Å². The molecule has 2 aliphatic heterocycles. The largest absolute Gasteiger partial charge is 0.466 e. The molecule has 0 bridgehead atoms. The smallest absolute Gasteiger partial charge is 0.255 e. The number of hydrogen-bond donors (Lipinski definition) is 1. The standard InChI is InChI=1S/C17H24N2O4/c1-11-9-15(12(2)23-11)16(20)18-14-3-6-19(7-4-14)17(21)13-5-8-22-10-13/h9,13-14H,3-8,10H2,1-2H3,(H,18,20)/t13-/m1/s1. The molecule has 126 valence electrons. The van der Waals surface area contributed by atoms with E-state index in [1.54, 1.807) is 13.0 Å². The number of piperidine rings is 1. The predicted octanol–water partition coefficient (Wildman–Crippen LogP) is 1.65. The van der Waals surface area contributed by atoms with Gasteiger partial charge in [0.15, 0.2) is 0 Å². The van der Waals surface area contributed by atoms with Crippen LogP contribution in [0.3, 0.4) is 0 Å². The first kappa shape index (κ1) is 16.1. The number of furan rings is 1. The molecule has 1 aromatic rings. The Labute approximate surface area is 136 Å². The molecule has 2 amide bonds. The summed E-state index contributed by atoms with van der Waals surface area (Å²) in [6.45, 7) is 6.27. The third kappa shape index (κ3) is 3.58. The number of hydrogen-bond acceptors (Lipinski definition) is 4. The normalized spacial score (nSPS) is 22.3. The molecule has 2 aliphatic rings. The molecule has 23 heavy (non-hydrogen) atoms. The number of amides is 2. The number of carbonyl (C=O) groups excluding carboxylic acids is 2. The van der Waals surface area contributed by atoms with Gasteiger partial charge < -0.3 is 19.4 Å². The topological polar surface area (TPSA) is 71.8 Å². The van der Waals surface area contributed by atoms with E-state index in [1.165, 1.54) is 0 Å². The summed E-state index contributed by atoms with van der Waals surface area (Å²) in [4.78, 5) is 26.6. The van der Waals surface area contributed by atoms with Crippen LogP contribution >= 0.6 is 0 Å². The van der Waals surface area contributed by atoms with Crippen molar-refractivity contribution in [3.8, 4) is 0 Å². The summed E-state index contributed by atoms with van der Waals surface area (Å²) in [6, 6.07) is 1.88. The van der Waals surface area contributed by atoms with E-state index in [2.05, 4.69) is 5.32 Å². The number of ether oxygens (including phenoxy) is 1. The van der Waals surface area contributed by atoms with Crippen molar-refractivity contribution in [2.45, 2.75) is 39.2 Å². The minimum Gasteiger partial charge on any atom is -0.466 e. The Morgan fingerprint density at radius 3 is 2.52 bits per heavy atom. The first-order chi connectivity index (χ1) is 11.0. The molecule has 0 radical (unpaired) electrons. The molecule has 0 unspecified atom stereocenters. The second kappa shape index (κ2) is 6.74. The zero-order valence-corrected chi connectivity index (χ0v) is 13.8. The number of nitrogens with zero attached hydrogens (tertiary/aromatic N) is 1. The number of rotatable bonds is 3. The molecule has 6 nitrogen and oxygen atoms in total. The van der Waals surface area contributed by atoms with Gasteiger partial charge in [-0.1, -0.05) is 0 Å². The maximum Gasteiger partial charge on any atom is 0.255 e. The van der Waals surface area contributed by atoms with E-state index in [1.807, 2.05) is 11.8 Å². The summed E-state index contributed by atoms with van der Waals surface area (Å²) in [7, 11) is 0. The van der Waals surface area contributed by atoms with Crippen LogP contribution in [0.25, 0.3) is 0 Å². The zero-order valence-electron chi connectivity index (χ0n) is 13.8. The fourth-order valence-corrected chi connectivity index (χ4v) is 3.35. The van der Waals surface area contributed by atoms with Crippen molar-refractivity contribution in [3.63, 3.8) is 0 Å². The maximum atomic E-state index is 12.3. The van der Waals surface area contributed by atoms with Crippen molar-refractivity contribution in [3.05, 3.63) is 23.2 Å². The summed E-state index contributed by atoms with van der Waals surface area (Å²) in [6.07, 6.45) is 2.41. The van der Waals surface area contributed by atoms with Gasteiger partial charge in [-0.3, -0.25) is 9.59 Å². The van der Waals surface area contributed by atoms with Gasteiger partial charge >= 0.3 is 0 Å². The van der Waals surface area contributed by atoms with Gasteiger partial charge in [0.2, 0.25) is 5.91 Å². The maximum absolute atomic E-state index is 12.3. The van der Waals surface area contributed by atoms with Gasteiger partial charge in [0.05, 0.1) is 18.1 Å². The lowest BCUT2D eigenvalue weighted by Crippen LogP contribution is -2.48. The molecular formula is C17H24N2O4. The Bertz CT molecular complexity index is 581. The van der Waals surface area contributed by atoms with Crippen LogP contribution in [0.1, 0.15) is 41.1 Å². The molecule has 0 aromatic carbocycles. The first-order valence-electron chi connectivity index (χ1n) is 8.29. The van der Waals surface area contributed by atoms with Crippen LogP contribution in [0, 0.1) is 19.8 Å². The summed E-state index contributed by atoms with van der Waals surface area (Å²) >= 11 is 0. The van der Waals surface area contributed by atoms with Crippen molar-refractivity contribution in [2.24, 2.45) is 5.92 Å². The van der Waals surface area contributed by atoms with Crippen LogP contribution in [0.15, 0.2) is 10.5 Å². The monoisotopic (exact) mass is 320 g/mol. The average Bonchev–Trinajstić information content (AvgIpc) is 3.17. The highest BCUT2D eigenvalue weighted by Crippen LogP contribution is 2.20. The SMILES string of the molecule is Cc1cc(C(=O)NC2CCN(C(=O)[C@@H]3CCOC3)CC2)c(C)o1. The van der Waals surface area contributed by atoms with Crippen LogP contribution in [0.4, 0.5) is 0 Å². The van der Waals surface area contributed by atoms with Gasteiger partial charge in [-0.25, -0.2) is 0 Å². The van der Waals surface area contributed by atoms with Crippen LogP contribution in [-0.4, -0.2) is 49.1 Å². The van der Waals surface area contributed by atoms with Crippen LogP contribution < -0.4 is 5.32 Å². The fraction of sp³-hybridized carbons (Fsp3) is 0.647. The highest BCUT2D eigenvalue weighted by Gasteiger charge is 2.31. The Kier molecular flexibility index (Phi) is 4.71. The number of carbonyl (C=O) groups is 2. The van der Waals surface area contributed by atoms with E-state index in [4.69, 9.17) is 9.15 Å². The Morgan fingerprint density at radius 2 is 1.96 bits per heavy atom. The third-order valence-corrected chi connectivity index (χ3v) is 4.71. The van der Waals surface area contributed by atoms with E-state index >= 15 is 0 Å². The average molecular weight is 320 g/mol. The summed E-state index contributed by atoms with van der Waals surface area (Å²) in [5.41, 5.74) is 0.601. The molecule has 1 N–H and O–H groups in total. The molecule has 3 rings (SSSR count). The minimum atomic E-state index is -0.0895. The third-order valence-electron chi connectivity index (χ3n) is 4.71. The van der Waals surface area contributed by atoms with Crippen LogP contribution in [0.2, 0.25) is 0 Å². The molecule has 0 saturated carbocycles. The number of likely N-dealkylation sites (tertiary alicyclic amines) is 1. The van der Waals surface area contributed by atoms with Gasteiger partial charge in [0, 0.05) is 25.7 Å². The van der Waals surface area contributed by atoms with E-state index in [0.29, 0.717) is 37.6 Å². The van der Waals surface area contributed by atoms with Gasteiger partial charge in [-0.2, -0.15) is 0 Å². The van der Waals surface area contributed by atoms with E-state index in [9.17, 15) is 9.59 Å². The van der Waals surface area contributed by atoms with Crippen molar-refractivity contribution in [1.29, 1.82) is 0 Å². The van der Waals surface area contributed by atoms with Crippen LogP contribution in [0.5, 0.6) is 0 Å². The molecule has 0 aliphatic carbocycles. The molecule has 3 heterocycles. The second-order valence-corrected chi connectivity index (χ2v) is 6.46. The van der Waals surface area contributed by atoms with Gasteiger partial charge in [0.25, 0.3) is 5.91 Å². The van der Waals surface area contributed by atoms with Crippen molar-refractivity contribution in [2.75, 3.05) is 26.3 Å². The van der Waals surface area contributed by atoms with E-state index in [0.717, 1.165) is 25.0 Å². The highest BCUT2D eigenvalue weighted by molar-refractivity contribution is 5.95. The minimum absolute atomic E-state index is 0.0256. The lowest BCUT2D eigenvalue weighted by Gasteiger charge is -2.33. The molecule has 6 heteroatoms. The quantitative estimate of drug-likeness (QED) is 0.919. The lowest BCUT2D eigenvalue weighted by atomic mass is 10.0. The Morgan fingerprint density at radius 1 is 1.22 bits per heavy atom. The van der Waals surface area contributed by atoms with Crippen molar-refractivity contribution >= 4 is 11.8 Å². The van der Waals surface area contributed by atoms with Gasteiger partial charge in [-0.05, 0) is 39.2 Å². The van der Waals surface area contributed by atoms with E-state index in [-0.39, 0.29) is 23.8 Å². The van der Waals surface area contributed by atoms with Crippen molar-refractivity contribution in [1.82, 2.24) is 10.2 Å². The van der Waals surface area contributed by atoms with E-state index < -0.39 is 0 Å². The first-order valence-corrected chi connectivity index (χ1v) is 8.29. The lowest BCUT2D eigenvalue weighted by molar-refractivity contribution is -0.136. The predicted molar refractivity (Wildman–Crippen MR) is 84.2 cm³/mol. The Hall–Kier alpha value is -1.82. The number of nitrogens with one attached hydrogen (secondary N) is 1. The van der Waals surface area contributed by atoms with Gasteiger partial charge in [0.1, 0.15) is 11.5 Å². The zero-order chi connectivity index (χ0) is 16.4. The molecule has 1 atom stereocenters. The second-order valence-electron chi connectivity index (χ2n) is 6.46. The molecule has 0 spiro atoms.